The van der Waals surface area contributed by atoms with E-state index in [0.717, 1.165) is 6.42 Å². The minimum atomic E-state index is -0.352. The highest BCUT2D eigenvalue weighted by atomic mass is 16.1. The average molecular weight is 208 g/mol. The van der Waals surface area contributed by atoms with Gasteiger partial charge in [-0.3, -0.25) is 4.79 Å². The van der Waals surface area contributed by atoms with Crippen molar-refractivity contribution in [2.24, 2.45) is 5.73 Å². The first-order valence-corrected chi connectivity index (χ1v) is 5.12. The molecule has 15 heavy (non-hydrogen) atoms. The van der Waals surface area contributed by atoms with Crippen LogP contribution in [0.4, 0.5) is 0 Å². The smallest absolute Gasteiger partial charge is 0.246 e. The molecule has 0 rings (SSSR count). The lowest BCUT2D eigenvalue weighted by Gasteiger charge is -2.17. The first kappa shape index (κ1) is 13.5. The molecule has 0 bridgehead atoms. The predicted octanol–water partition coefficient (Wildman–Crippen LogP) is 1.83. The molecule has 0 aromatic carbocycles. The summed E-state index contributed by atoms with van der Waals surface area (Å²) in [5.74, 6) is -0.352. The number of carbonyl (C=O) groups is 1. The predicted molar refractivity (Wildman–Crippen MR) is 64.2 cm³/mol. The Morgan fingerprint density at radius 2 is 1.87 bits per heavy atom. The molecule has 0 heterocycles. The van der Waals surface area contributed by atoms with E-state index in [1.165, 1.54) is 0 Å². The van der Waals surface area contributed by atoms with E-state index in [9.17, 15) is 4.79 Å². The monoisotopic (exact) mass is 208 g/mol. The van der Waals surface area contributed by atoms with Crippen molar-refractivity contribution >= 4 is 5.91 Å². The number of nitrogens with zero attached hydrogens (tertiary/aromatic N) is 1. The van der Waals surface area contributed by atoms with Crippen LogP contribution in [0.2, 0.25) is 0 Å². The Morgan fingerprint density at radius 1 is 1.33 bits per heavy atom. The van der Waals surface area contributed by atoms with Crippen molar-refractivity contribution in [3.63, 3.8) is 0 Å². The van der Waals surface area contributed by atoms with Crippen LogP contribution in [0, 0.1) is 0 Å². The quantitative estimate of drug-likeness (QED) is 0.488. The summed E-state index contributed by atoms with van der Waals surface area (Å²) in [6.45, 7) is 10.7. The van der Waals surface area contributed by atoms with Crippen LogP contribution in [0.5, 0.6) is 0 Å². The minimum Gasteiger partial charge on any atom is -0.370 e. The topological polar surface area (TPSA) is 46.3 Å². The van der Waals surface area contributed by atoms with Gasteiger partial charge in [-0.05, 0) is 6.42 Å². The Bertz CT molecular complexity index is 246. The maximum absolute atomic E-state index is 11.1. The normalized spacial score (nSPS) is 10.9. The summed E-state index contributed by atoms with van der Waals surface area (Å²) in [4.78, 5) is 13.1. The van der Waals surface area contributed by atoms with Crippen LogP contribution >= 0.6 is 0 Å². The van der Waals surface area contributed by atoms with Crippen LogP contribution in [-0.4, -0.2) is 23.9 Å². The van der Waals surface area contributed by atoms with E-state index in [0.29, 0.717) is 25.1 Å². The van der Waals surface area contributed by atoms with E-state index >= 15 is 0 Å². The summed E-state index contributed by atoms with van der Waals surface area (Å²) in [5.41, 5.74) is 5.93. The lowest BCUT2D eigenvalue weighted by atomic mass is 10.1. The molecule has 0 fully saturated rings. The van der Waals surface area contributed by atoms with Gasteiger partial charge in [0.15, 0.2) is 0 Å². The van der Waals surface area contributed by atoms with E-state index in [2.05, 4.69) is 13.2 Å². The van der Waals surface area contributed by atoms with Crippen LogP contribution in [0.1, 0.15) is 19.8 Å². The number of rotatable bonds is 8. The zero-order valence-electron chi connectivity index (χ0n) is 9.41. The van der Waals surface area contributed by atoms with Gasteiger partial charge in [-0.15, -0.1) is 13.2 Å². The summed E-state index contributed by atoms with van der Waals surface area (Å²) < 4.78 is 0. The van der Waals surface area contributed by atoms with E-state index < -0.39 is 0 Å². The number of nitrogens with two attached hydrogens (primary N) is 1. The molecule has 3 nitrogen and oxygen atoms in total. The fourth-order valence-electron chi connectivity index (χ4n) is 1.25. The van der Waals surface area contributed by atoms with Crippen molar-refractivity contribution < 1.29 is 4.79 Å². The van der Waals surface area contributed by atoms with Crippen molar-refractivity contribution in [3.8, 4) is 0 Å². The first-order valence-electron chi connectivity index (χ1n) is 5.12. The SMILES string of the molecule is C=CCN(C=C(CCC)C(N)=O)CC=C. The van der Waals surface area contributed by atoms with Crippen LogP contribution in [-0.2, 0) is 4.79 Å². The molecule has 0 unspecified atom stereocenters. The van der Waals surface area contributed by atoms with Crippen molar-refractivity contribution in [1.29, 1.82) is 0 Å². The van der Waals surface area contributed by atoms with Gasteiger partial charge >= 0.3 is 0 Å². The molecule has 0 saturated carbocycles. The molecule has 3 heteroatoms. The Labute approximate surface area is 91.9 Å². The largest absolute Gasteiger partial charge is 0.370 e. The molecule has 0 aliphatic heterocycles. The molecule has 0 aliphatic rings. The van der Waals surface area contributed by atoms with Gasteiger partial charge in [-0.25, -0.2) is 0 Å². The minimum absolute atomic E-state index is 0.352. The van der Waals surface area contributed by atoms with Gasteiger partial charge in [-0.2, -0.15) is 0 Å². The summed E-state index contributed by atoms with van der Waals surface area (Å²) in [7, 11) is 0. The van der Waals surface area contributed by atoms with Gasteiger partial charge in [0, 0.05) is 24.9 Å². The summed E-state index contributed by atoms with van der Waals surface area (Å²) in [5, 5.41) is 0. The first-order chi connectivity index (χ1) is 7.15. The van der Waals surface area contributed by atoms with Gasteiger partial charge in [-0.1, -0.05) is 25.5 Å². The van der Waals surface area contributed by atoms with E-state index in [4.69, 9.17) is 5.73 Å². The number of amides is 1. The van der Waals surface area contributed by atoms with Gasteiger partial charge < -0.3 is 10.6 Å². The highest BCUT2D eigenvalue weighted by Crippen LogP contribution is 2.06. The molecule has 0 aromatic heterocycles. The Balaban J connectivity index is 4.62. The third-order valence-electron chi connectivity index (χ3n) is 1.90. The lowest BCUT2D eigenvalue weighted by Crippen LogP contribution is -2.22. The second-order valence-electron chi connectivity index (χ2n) is 3.30. The molecular weight excluding hydrogens is 188 g/mol. The molecule has 0 atom stereocenters. The van der Waals surface area contributed by atoms with Crippen LogP contribution < -0.4 is 5.73 Å². The zero-order valence-corrected chi connectivity index (χ0v) is 9.41. The van der Waals surface area contributed by atoms with E-state index in [1.807, 2.05) is 11.8 Å². The van der Waals surface area contributed by atoms with Gasteiger partial charge in [0.2, 0.25) is 5.91 Å². The number of hydrogen-bond donors (Lipinski definition) is 1. The van der Waals surface area contributed by atoms with E-state index in [1.54, 1.807) is 18.4 Å². The fourth-order valence-corrected chi connectivity index (χ4v) is 1.25. The molecule has 1 amide bonds. The highest BCUT2D eigenvalue weighted by Gasteiger charge is 2.05. The molecule has 0 aliphatic carbocycles. The second kappa shape index (κ2) is 7.85. The zero-order chi connectivity index (χ0) is 11.7. The van der Waals surface area contributed by atoms with Crippen LogP contribution in [0.15, 0.2) is 37.1 Å². The van der Waals surface area contributed by atoms with Crippen molar-refractivity contribution in [2.45, 2.75) is 19.8 Å². The molecule has 0 radical (unpaired) electrons. The van der Waals surface area contributed by atoms with Crippen LogP contribution in [0.25, 0.3) is 0 Å². The average Bonchev–Trinajstić information content (AvgIpc) is 2.17. The van der Waals surface area contributed by atoms with Gasteiger partial charge in [0.25, 0.3) is 0 Å². The van der Waals surface area contributed by atoms with Crippen molar-refractivity contribution in [2.75, 3.05) is 13.1 Å². The molecule has 0 aromatic rings. The molecular formula is C12H20N2O. The fraction of sp³-hybridized carbons (Fsp3) is 0.417. The molecule has 0 saturated heterocycles. The summed E-state index contributed by atoms with van der Waals surface area (Å²) in [6.07, 6.45) is 6.98. The van der Waals surface area contributed by atoms with Crippen molar-refractivity contribution in [1.82, 2.24) is 4.90 Å². The standard InChI is InChI=1S/C12H20N2O/c1-4-7-11(12(13)15)10-14(8-5-2)9-6-3/h5-6,10H,2-4,7-9H2,1H3,(H2,13,15). The highest BCUT2D eigenvalue weighted by molar-refractivity contribution is 5.91. The second-order valence-corrected chi connectivity index (χ2v) is 3.30. The number of primary amides is 1. The Kier molecular flexibility index (Phi) is 7.06. The molecule has 0 spiro atoms. The Morgan fingerprint density at radius 3 is 2.20 bits per heavy atom. The Hall–Kier alpha value is -1.51. The van der Waals surface area contributed by atoms with Gasteiger partial charge in [0.1, 0.15) is 0 Å². The number of carbonyl (C=O) groups excluding carboxylic acids is 1. The summed E-state index contributed by atoms with van der Waals surface area (Å²) >= 11 is 0. The summed E-state index contributed by atoms with van der Waals surface area (Å²) in [6, 6.07) is 0. The van der Waals surface area contributed by atoms with Crippen molar-refractivity contribution in [3.05, 3.63) is 37.1 Å². The maximum Gasteiger partial charge on any atom is 0.246 e. The number of hydrogen-bond acceptors (Lipinski definition) is 2. The lowest BCUT2D eigenvalue weighted by molar-refractivity contribution is -0.114. The maximum atomic E-state index is 11.1. The van der Waals surface area contributed by atoms with E-state index in [-0.39, 0.29) is 5.91 Å². The molecule has 84 valence electrons. The van der Waals surface area contributed by atoms with Crippen LogP contribution in [0.3, 0.4) is 0 Å². The molecule has 2 N–H and O–H groups in total. The third kappa shape index (κ3) is 5.73. The third-order valence-corrected chi connectivity index (χ3v) is 1.90. The van der Waals surface area contributed by atoms with Gasteiger partial charge in [0.05, 0.1) is 0 Å².